The van der Waals surface area contributed by atoms with Crippen LogP contribution in [0.3, 0.4) is 0 Å². The van der Waals surface area contributed by atoms with Crippen LogP contribution >= 0.6 is 0 Å². The summed E-state index contributed by atoms with van der Waals surface area (Å²) in [5.74, 6) is 0.906. The summed E-state index contributed by atoms with van der Waals surface area (Å²) < 4.78 is 2.14. The molecule has 4 rings (SSSR count). The second-order valence-electron chi connectivity index (χ2n) is 6.03. The first-order valence-corrected chi connectivity index (χ1v) is 8.10. The molecule has 0 saturated heterocycles. The van der Waals surface area contributed by atoms with E-state index in [2.05, 4.69) is 83.2 Å². The van der Waals surface area contributed by atoms with Crippen molar-refractivity contribution in [2.75, 3.05) is 0 Å². The molecule has 23 heavy (non-hydrogen) atoms. The molecule has 0 radical (unpaired) electrons. The van der Waals surface area contributed by atoms with Gasteiger partial charge in [-0.2, -0.15) is 0 Å². The van der Waals surface area contributed by atoms with Crippen molar-refractivity contribution in [2.45, 2.75) is 26.7 Å². The van der Waals surface area contributed by atoms with Gasteiger partial charge in [0, 0.05) is 17.1 Å². The average Bonchev–Trinajstić information content (AvgIpc) is 3.00. The summed E-state index contributed by atoms with van der Waals surface area (Å²) in [5.41, 5.74) is 4.63. The normalized spacial score (nSPS) is 11.4. The molecule has 0 unspecified atom stereocenters. The molecule has 2 aromatic heterocycles. The molecular formula is C20H19N3. The summed E-state index contributed by atoms with van der Waals surface area (Å²) in [6.07, 6.45) is 4.38. The predicted octanol–water partition coefficient (Wildman–Crippen LogP) is 4.81. The van der Waals surface area contributed by atoms with Gasteiger partial charge in [0.15, 0.2) is 11.5 Å². The van der Waals surface area contributed by atoms with Gasteiger partial charge < -0.3 is 0 Å². The van der Waals surface area contributed by atoms with E-state index in [1.807, 2.05) is 0 Å². The van der Waals surface area contributed by atoms with Crippen LogP contribution in [0.1, 0.15) is 24.5 Å². The largest absolute Gasteiger partial charge is 0.282 e. The van der Waals surface area contributed by atoms with E-state index in [0.29, 0.717) is 0 Å². The lowest BCUT2D eigenvalue weighted by atomic mass is 10.0. The van der Waals surface area contributed by atoms with Crippen molar-refractivity contribution < 1.29 is 0 Å². The van der Waals surface area contributed by atoms with Crippen LogP contribution in [0, 0.1) is 6.92 Å². The number of nitrogens with zero attached hydrogens (tertiary/aromatic N) is 3. The Kier molecular flexibility index (Phi) is 3.34. The van der Waals surface area contributed by atoms with E-state index >= 15 is 0 Å². The predicted molar refractivity (Wildman–Crippen MR) is 94.7 cm³/mol. The lowest BCUT2D eigenvalue weighted by Gasteiger charge is -2.09. The van der Waals surface area contributed by atoms with Crippen molar-refractivity contribution in [1.82, 2.24) is 14.6 Å². The molecule has 0 amide bonds. The molecule has 2 aromatic carbocycles. The second kappa shape index (κ2) is 5.51. The second-order valence-corrected chi connectivity index (χ2v) is 6.03. The Labute approximate surface area is 135 Å². The fraction of sp³-hybridized carbons (Fsp3) is 0.200. The summed E-state index contributed by atoms with van der Waals surface area (Å²) in [4.78, 5) is 0. The topological polar surface area (TPSA) is 30.2 Å². The highest BCUT2D eigenvalue weighted by molar-refractivity contribution is 5.96. The van der Waals surface area contributed by atoms with Crippen LogP contribution in [0.4, 0.5) is 0 Å². The van der Waals surface area contributed by atoms with Gasteiger partial charge in [-0.15, -0.1) is 10.2 Å². The highest BCUT2D eigenvalue weighted by atomic mass is 15.2. The van der Waals surface area contributed by atoms with Crippen LogP contribution in [0.2, 0.25) is 0 Å². The molecule has 0 aliphatic carbocycles. The molecule has 2 heterocycles. The maximum atomic E-state index is 4.46. The van der Waals surface area contributed by atoms with Crippen LogP contribution in [0.15, 0.2) is 54.7 Å². The number of aryl methyl sites for hydroxylation is 2. The highest BCUT2D eigenvalue weighted by Gasteiger charge is 2.13. The molecule has 0 spiro atoms. The minimum atomic E-state index is 0.906. The molecule has 0 saturated carbocycles. The molecule has 0 bridgehead atoms. The number of aromatic nitrogens is 3. The van der Waals surface area contributed by atoms with Crippen molar-refractivity contribution in [3.05, 3.63) is 65.9 Å². The molecule has 0 N–H and O–H groups in total. The minimum Gasteiger partial charge on any atom is -0.282 e. The Balaban J connectivity index is 2.03. The first kappa shape index (κ1) is 13.9. The SMILES string of the molecule is CCCc1cn2c(-c3ccc(C)cc3)nnc2c2ccccc12. The van der Waals surface area contributed by atoms with E-state index in [0.717, 1.165) is 29.9 Å². The van der Waals surface area contributed by atoms with Crippen LogP contribution in [-0.2, 0) is 6.42 Å². The van der Waals surface area contributed by atoms with Crippen molar-refractivity contribution in [2.24, 2.45) is 0 Å². The first-order valence-electron chi connectivity index (χ1n) is 8.10. The Morgan fingerprint density at radius 2 is 1.65 bits per heavy atom. The van der Waals surface area contributed by atoms with E-state index < -0.39 is 0 Å². The standard InChI is InChI=1S/C20H19N3/c1-3-6-16-13-23-19(15-11-9-14(2)10-12-15)21-22-20(23)18-8-5-4-7-17(16)18/h4-5,7-13H,3,6H2,1-2H3. The molecule has 3 nitrogen and oxygen atoms in total. The fourth-order valence-electron chi connectivity index (χ4n) is 3.15. The number of pyridine rings is 1. The third-order valence-electron chi connectivity index (χ3n) is 4.32. The van der Waals surface area contributed by atoms with Gasteiger partial charge >= 0.3 is 0 Å². The van der Waals surface area contributed by atoms with Crippen molar-refractivity contribution in [1.29, 1.82) is 0 Å². The molecule has 0 atom stereocenters. The summed E-state index contributed by atoms with van der Waals surface area (Å²) in [5, 5.41) is 11.4. The van der Waals surface area contributed by atoms with Gasteiger partial charge in [0.25, 0.3) is 0 Å². The van der Waals surface area contributed by atoms with Gasteiger partial charge in [0.05, 0.1) is 0 Å². The molecule has 0 fully saturated rings. The molecule has 0 aliphatic heterocycles. The van der Waals surface area contributed by atoms with Crippen molar-refractivity contribution in [3.8, 4) is 11.4 Å². The Bertz CT molecular complexity index is 981. The monoisotopic (exact) mass is 301 g/mol. The summed E-state index contributed by atoms with van der Waals surface area (Å²) in [6, 6.07) is 16.9. The van der Waals surface area contributed by atoms with Crippen LogP contribution in [-0.4, -0.2) is 14.6 Å². The Morgan fingerprint density at radius 1 is 0.913 bits per heavy atom. The van der Waals surface area contributed by atoms with E-state index in [9.17, 15) is 0 Å². The summed E-state index contributed by atoms with van der Waals surface area (Å²) in [6.45, 7) is 4.31. The van der Waals surface area contributed by atoms with E-state index in [-0.39, 0.29) is 0 Å². The zero-order valence-corrected chi connectivity index (χ0v) is 13.5. The quantitative estimate of drug-likeness (QED) is 0.543. The lowest BCUT2D eigenvalue weighted by Crippen LogP contribution is -1.96. The zero-order valence-electron chi connectivity index (χ0n) is 13.5. The van der Waals surface area contributed by atoms with Gasteiger partial charge in [-0.1, -0.05) is 67.4 Å². The van der Waals surface area contributed by atoms with Gasteiger partial charge in [-0.25, -0.2) is 0 Å². The minimum absolute atomic E-state index is 0.906. The third-order valence-corrected chi connectivity index (χ3v) is 4.32. The number of fused-ring (bicyclic) bond motifs is 3. The number of rotatable bonds is 3. The molecule has 0 aliphatic rings. The number of hydrogen-bond acceptors (Lipinski definition) is 2. The van der Waals surface area contributed by atoms with Gasteiger partial charge in [-0.3, -0.25) is 4.40 Å². The maximum absolute atomic E-state index is 4.46. The lowest BCUT2D eigenvalue weighted by molar-refractivity contribution is 0.918. The molecule has 3 heteroatoms. The van der Waals surface area contributed by atoms with Crippen molar-refractivity contribution >= 4 is 16.4 Å². The smallest absolute Gasteiger partial charge is 0.168 e. The average molecular weight is 301 g/mol. The van der Waals surface area contributed by atoms with Crippen LogP contribution in [0.25, 0.3) is 27.8 Å². The van der Waals surface area contributed by atoms with E-state index in [4.69, 9.17) is 0 Å². The van der Waals surface area contributed by atoms with Crippen LogP contribution < -0.4 is 0 Å². The first-order chi connectivity index (χ1) is 11.3. The fourth-order valence-corrected chi connectivity index (χ4v) is 3.15. The van der Waals surface area contributed by atoms with E-state index in [1.54, 1.807) is 0 Å². The van der Waals surface area contributed by atoms with Gasteiger partial charge in [0.1, 0.15) is 0 Å². The third kappa shape index (κ3) is 2.29. The number of benzene rings is 2. The summed E-state index contributed by atoms with van der Waals surface area (Å²) >= 11 is 0. The molecular weight excluding hydrogens is 282 g/mol. The van der Waals surface area contributed by atoms with Crippen molar-refractivity contribution in [3.63, 3.8) is 0 Å². The maximum Gasteiger partial charge on any atom is 0.168 e. The Hall–Kier alpha value is -2.68. The molecule has 114 valence electrons. The van der Waals surface area contributed by atoms with E-state index in [1.165, 1.54) is 21.9 Å². The summed E-state index contributed by atoms with van der Waals surface area (Å²) in [7, 11) is 0. The zero-order chi connectivity index (χ0) is 15.8. The van der Waals surface area contributed by atoms with Crippen LogP contribution in [0.5, 0.6) is 0 Å². The Morgan fingerprint density at radius 3 is 2.39 bits per heavy atom. The highest BCUT2D eigenvalue weighted by Crippen LogP contribution is 2.27. The van der Waals surface area contributed by atoms with Gasteiger partial charge in [-0.05, 0) is 24.3 Å². The molecule has 4 aromatic rings. The van der Waals surface area contributed by atoms with Gasteiger partial charge in [0.2, 0.25) is 0 Å². The number of hydrogen-bond donors (Lipinski definition) is 0.